The van der Waals surface area contributed by atoms with Gasteiger partial charge in [0.05, 0.1) is 0 Å². The van der Waals surface area contributed by atoms with Crippen LogP contribution in [0.1, 0.15) is 105 Å². The fourth-order valence-corrected chi connectivity index (χ4v) is 11.3. The molecular formula is C36H55NO3. The summed E-state index contributed by atoms with van der Waals surface area (Å²) in [5.74, 6) is 3.98. The van der Waals surface area contributed by atoms with Crippen LogP contribution in [-0.4, -0.2) is 17.4 Å². The molecule has 0 radical (unpaired) electrons. The predicted molar refractivity (Wildman–Crippen MR) is 162 cm³/mol. The fourth-order valence-electron chi connectivity index (χ4n) is 11.3. The second-order valence-corrected chi connectivity index (χ2v) is 15.4. The van der Waals surface area contributed by atoms with Gasteiger partial charge < -0.3 is 15.2 Å². The number of fused-ring (bicyclic) bond motifs is 5. The van der Waals surface area contributed by atoms with Crippen molar-refractivity contribution < 1.29 is 14.7 Å². The van der Waals surface area contributed by atoms with Gasteiger partial charge in [-0.2, -0.15) is 0 Å². The van der Waals surface area contributed by atoms with E-state index in [0.717, 1.165) is 42.7 Å². The maximum Gasteiger partial charge on any atom is 0.303 e. The minimum absolute atomic E-state index is 0.00448. The van der Waals surface area contributed by atoms with Gasteiger partial charge in [-0.1, -0.05) is 66.0 Å². The molecule has 40 heavy (non-hydrogen) atoms. The highest BCUT2D eigenvalue weighted by Crippen LogP contribution is 2.71. The van der Waals surface area contributed by atoms with Crippen molar-refractivity contribution in [3.8, 4) is 0 Å². The van der Waals surface area contributed by atoms with E-state index >= 15 is 0 Å². The number of hydrogen-bond donors (Lipinski definition) is 2. The molecule has 11 atom stereocenters. The molecule has 2 N–H and O–H groups in total. The van der Waals surface area contributed by atoms with Crippen molar-refractivity contribution in [1.82, 2.24) is 5.32 Å². The molecule has 0 aromatic carbocycles. The van der Waals surface area contributed by atoms with Crippen LogP contribution in [0.25, 0.3) is 0 Å². The number of aldehydes is 1. The summed E-state index contributed by atoms with van der Waals surface area (Å²) in [6, 6.07) is 0. The summed E-state index contributed by atoms with van der Waals surface area (Å²) in [6.07, 6.45) is 23.8. The first-order valence-corrected chi connectivity index (χ1v) is 16.6. The van der Waals surface area contributed by atoms with Crippen molar-refractivity contribution in [3.05, 3.63) is 36.2 Å². The highest BCUT2D eigenvalue weighted by Gasteiger charge is 2.64. The van der Waals surface area contributed by atoms with E-state index in [1.807, 2.05) is 18.4 Å². The summed E-state index contributed by atoms with van der Waals surface area (Å²) in [6.45, 7) is 12.3. The Kier molecular flexibility index (Phi) is 8.75. The van der Waals surface area contributed by atoms with Crippen molar-refractivity contribution in [2.24, 2.45) is 70.0 Å². The molecule has 1 aliphatic heterocycles. The molecule has 0 aromatic heterocycles. The molecule has 0 bridgehead atoms. The molecule has 5 aliphatic rings. The molecule has 0 amide bonds. The van der Waals surface area contributed by atoms with E-state index in [9.17, 15) is 14.7 Å². The Morgan fingerprint density at radius 3 is 2.48 bits per heavy atom. The van der Waals surface area contributed by atoms with E-state index < -0.39 is 5.97 Å². The molecule has 222 valence electrons. The van der Waals surface area contributed by atoms with Gasteiger partial charge in [-0.25, -0.2) is 0 Å². The third-order valence-corrected chi connectivity index (χ3v) is 13.1. The lowest BCUT2D eigenvalue weighted by molar-refractivity contribution is -0.168. The van der Waals surface area contributed by atoms with E-state index in [1.54, 1.807) is 0 Å². The molecule has 0 aromatic rings. The van der Waals surface area contributed by atoms with E-state index in [-0.39, 0.29) is 29.6 Å². The topological polar surface area (TPSA) is 66.4 Å². The molecule has 4 fully saturated rings. The quantitative estimate of drug-likeness (QED) is 0.283. The summed E-state index contributed by atoms with van der Waals surface area (Å²) in [4.78, 5) is 24.8. The molecule has 4 heteroatoms. The molecular weight excluding hydrogens is 494 g/mol. The van der Waals surface area contributed by atoms with E-state index in [0.29, 0.717) is 29.1 Å². The van der Waals surface area contributed by atoms with Crippen LogP contribution in [0.3, 0.4) is 0 Å². The number of nitrogens with one attached hydrogen (secondary N) is 1. The van der Waals surface area contributed by atoms with Crippen LogP contribution in [0.5, 0.6) is 0 Å². The van der Waals surface area contributed by atoms with E-state index in [2.05, 4.69) is 52.1 Å². The van der Waals surface area contributed by atoms with E-state index in [4.69, 9.17) is 0 Å². The second kappa shape index (κ2) is 11.8. The maximum absolute atomic E-state index is 12.4. The zero-order valence-corrected chi connectivity index (χ0v) is 25.8. The maximum atomic E-state index is 12.4. The number of carbonyl (C=O) groups excluding carboxylic acids is 1. The average molecular weight is 550 g/mol. The smallest absolute Gasteiger partial charge is 0.303 e. The van der Waals surface area contributed by atoms with Gasteiger partial charge in [-0.15, -0.1) is 0 Å². The van der Waals surface area contributed by atoms with E-state index in [1.165, 1.54) is 51.2 Å². The summed E-state index contributed by atoms with van der Waals surface area (Å²) in [5, 5.41) is 13.7. The minimum atomic E-state index is -0.645. The standard InChI is InChI=1S/C36H55NO3/c1-23(2)10-9-11-24(3)27-13-14-28-33-26(21-32(39)40)20-30-34(31-12-7-6-8-19-37-31)25(22-38)15-17-36(30,5)29(33)16-18-35(27,28)4/h6-8,12,19,22-30,33-34,37H,9-11,13-18,20-21H2,1-5H3,(H,39,40)/t24-,25?,26?,27-,28+,29+,30?,33+,34?,35-,36-/m1/s1. The Morgan fingerprint density at radius 2 is 1.75 bits per heavy atom. The Bertz CT molecular complexity index is 1030. The zero-order valence-electron chi connectivity index (χ0n) is 25.8. The average Bonchev–Trinajstić information content (AvgIpc) is 3.05. The number of carboxylic acids is 1. The highest BCUT2D eigenvalue weighted by atomic mass is 16.4. The lowest BCUT2D eigenvalue weighted by Gasteiger charge is -2.65. The Morgan fingerprint density at radius 1 is 1.00 bits per heavy atom. The highest BCUT2D eigenvalue weighted by molar-refractivity contribution is 5.67. The Labute approximate surface area is 243 Å². The zero-order chi connectivity index (χ0) is 28.7. The van der Waals surface area contributed by atoms with Crippen LogP contribution in [-0.2, 0) is 9.59 Å². The van der Waals surface area contributed by atoms with Gasteiger partial charge in [0.25, 0.3) is 0 Å². The second-order valence-electron chi connectivity index (χ2n) is 15.4. The van der Waals surface area contributed by atoms with Crippen LogP contribution in [0, 0.1) is 70.0 Å². The Balaban J connectivity index is 1.46. The third-order valence-electron chi connectivity index (χ3n) is 13.1. The largest absolute Gasteiger partial charge is 0.481 e. The summed E-state index contributed by atoms with van der Waals surface area (Å²) in [7, 11) is 0. The summed E-state index contributed by atoms with van der Waals surface area (Å²) < 4.78 is 0. The molecule has 4 nitrogen and oxygen atoms in total. The first-order valence-electron chi connectivity index (χ1n) is 16.6. The first kappa shape index (κ1) is 29.6. The number of carboxylic acid groups (broad SMARTS) is 1. The van der Waals surface area contributed by atoms with Gasteiger partial charge in [-0.3, -0.25) is 4.79 Å². The van der Waals surface area contributed by atoms with Gasteiger partial charge in [-0.05, 0) is 115 Å². The lowest BCUT2D eigenvalue weighted by Crippen LogP contribution is -2.59. The van der Waals surface area contributed by atoms with Gasteiger partial charge >= 0.3 is 5.97 Å². The monoisotopic (exact) mass is 549 g/mol. The van der Waals surface area contributed by atoms with Crippen molar-refractivity contribution in [1.29, 1.82) is 0 Å². The normalized spacial score (nSPS) is 43.1. The molecule has 4 aliphatic carbocycles. The van der Waals surface area contributed by atoms with Crippen LogP contribution in [0.2, 0.25) is 0 Å². The molecule has 1 heterocycles. The van der Waals surface area contributed by atoms with Gasteiger partial charge in [0, 0.05) is 30.2 Å². The molecule has 4 unspecified atom stereocenters. The number of rotatable bonds is 9. The summed E-state index contributed by atoms with van der Waals surface area (Å²) in [5.41, 5.74) is 1.62. The fraction of sp³-hybridized carbons (Fsp3) is 0.778. The van der Waals surface area contributed by atoms with Crippen molar-refractivity contribution in [3.63, 3.8) is 0 Å². The minimum Gasteiger partial charge on any atom is -0.481 e. The van der Waals surface area contributed by atoms with Crippen LogP contribution >= 0.6 is 0 Å². The van der Waals surface area contributed by atoms with Crippen LogP contribution in [0.4, 0.5) is 0 Å². The third kappa shape index (κ3) is 5.26. The molecule has 5 rings (SSSR count). The Hall–Kier alpha value is -1.84. The van der Waals surface area contributed by atoms with Crippen LogP contribution < -0.4 is 5.32 Å². The number of carbonyl (C=O) groups is 2. The summed E-state index contributed by atoms with van der Waals surface area (Å²) >= 11 is 0. The molecule has 0 spiro atoms. The van der Waals surface area contributed by atoms with Gasteiger partial charge in [0.1, 0.15) is 6.29 Å². The van der Waals surface area contributed by atoms with Crippen molar-refractivity contribution in [2.45, 2.75) is 105 Å². The van der Waals surface area contributed by atoms with Gasteiger partial charge in [0.2, 0.25) is 0 Å². The number of aliphatic carboxylic acids is 1. The number of hydrogen-bond acceptors (Lipinski definition) is 3. The molecule has 0 saturated heterocycles. The van der Waals surface area contributed by atoms with Crippen molar-refractivity contribution >= 4 is 12.3 Å². The SMILES string of the molecule is CC(C)CCC[C@@H](C)[C@H]1CC[C@H]2[C@@H]3C(CC(=O)O)CC4C(C5=CC=CC=CN5)C(C=O)CC[C@]4(C)[C@H]3CC[C@]12C. The van der Waals surface area contributed by atoms with Crippen LogP contribution in [0.15, 0.2) is 36.2 Å². The first-order chi connectivity index (χ1) is 19.1. The predicted octanol–water partition coefficient (Wildman–Crippen LogP) is 8.41. The van der Waals surface area contributed by atoms with Crippen molar-refractivity contribution in [2.75, 3.05) is 0 Å². The van der Waals surface area contributed by atoms with Gasteiger partial charge in [0.15, 0.2) is 0 Å². The molecule has 4 saturated carbocycles. The number of allylic oxidation sites excluding steroid dienone is 5. The lowest BCUT2D eigenvalue weighted by atomic mass is 9.40.